The van der Waals surface area contributed by atoms with Gasteiger partial charge in [-0.1, -0.05) is 57.2 Å². The first-order valence-corrected chi connectivity index (χ1v) is 14.8. The molecule has 7 heteroatoms. The van der Waals surface area contributed by atoms with Gasteiger partial charge in [-0.25, -0.2) is 4.98 Å². The van der Waals surface area contributed by atoms with Crippen molar-refractivity contribution in [3.8, 4) is 11.5 Å². The van der Waals surface area contributed by atoms with Crippen molar-refractivity contribution in [1.82, 2.24) is 9.55 Å². The number of amides is 1. The number of aromatic nitrogens is 2. The molecule has 3 rings (SSSR count). The van der Waals surface area contributed by atoms with E-state index in [0.717, 1.165) is 30.8 Å². The Bertz CT molecular complexity index is 1070. The van der Waals surface area contributed by atoms with Crippen molar-refractivity contribution in [2.24, 2.45) is 5.73 Å². The van der Waals surface area contributed by atoms with Crippen LogP contribution in [-0.4, -0.2) is 29.9 Å². The molecule has 0 fully saturated rings. The number of nitrogens with two attached hydrogens (primary N) is 1. The van der Waals surface area contributed by atoms with Crippen LogP contribution >= 0.6 is 0 Å². The number of nitrogens with zero attached hydrogens (tertiary/aromatic N) is 2. The number of hydrogen-bond donors (Lipinski definition) is 1. The highest BCUT2D eigenvalue weighted by atomic mass is 28.4. The molecule has 1 heterocycles. The van der Waals surface area contributed by atoms with Crippen molar-refractivity contribution in [3.05, 3.63) is 78.4 Å². The van der Waals surface area contributed by atoms with Crippen LogP contribution in [-0.2, 0) is 17.4 Å². The summed E-state index contributed by atoms with van der Waals surface area (Å²) >= 11 is 0. The van der Waals surface area contributed by atoms with Crippen molar-refractivity contribution in [3.63, 3.8) is 0 Å². The largest absolute Gasteiger partial charge is 0.457 e. The summed E-state index contributed by atoms with van der Waals surface area (Å²) in [6.07, 6.45) is 6.09. The van der Waals surface area contributed by atoms with Crippen LogP contribution < -0.4 is 10.5 Å². The van der Waals surface area contributed by atoms with Crippen LogP contribution in [0.15, 0.2) is 67.1 Å². The third kappa shape index (κ3) is 7.05. The maximum Gasteiger partial charge on any atom is 0.268 e. The first kappa shape index (κ1) is 25.7. The Morgan fingerprint density at radius 2 is 1.76 bits per heavy atom. The second-order valence-electron chi connectivity index (χ2n) is 10.2. The molecule has 1 amide bonds. The number of carbonyl (C=O) groups is 1. The first-order valence-electron chi connectivity index (χ1n) is 11.9. The number of carbonyl (C=O) groups excluding carboxylic acids is 1. The molecular weight excluding hydrogens is 442 g/mol. The minimum Gasteiger partial charge on any atom is -0.457 e. The summed E-state index contributed by atoms with van der Waals surface area (Å²) in [7, 11) is -1.98. The topological polar surface area (TPSA) is 79.4 Å². The summed E-state index contributed by atoms with van der Waals surface area (Å²) in [5.74, 6) is 1.20. The predicted octanol–water partition coefficient (Wildman–Crippen LogP) is 6.19. The van der Waals surface area contributed by atoms with E-state index in [2.05, 4.69) is 44.9 Å². The summed E-state index contributed by atoms with van der Waals surface area (Å²) < 4.78 is 14.8. The molecular formula is C27H37N3O3Si. The van der Waals surface area contributed by atoms with Gasteiger partial charge < -0.3 is 19.5 Å². The Hall–Kier alpha value is -2.90. The Labute approximate surface area is 204 Å². The lowest BCUT2D eigenvalue weighted by Gasteiger charge is -2.39. The van der Waals surface area contributed by atoms with Crippen LogP contribution in [0.4, 0.5) is 0 Å². The molecule has 3 aromatic rings. The van der Waals surface area contributed by atoms with Crippen LogP contribution in [0.25, 0.3) is 0 Å². The molecule has 1 atom stereocenters. The lowest BCUT2D eigenvalue weighted by Crippen LogP contribution is -2.44. The maximum absolute atomic E-state index is 11.5. The minimum atomic E-state index is -1.98. The van der Waals surface area contributed by atoms with Gasteiger partial charge in [-0.05, 0) is 61.2 Å². The Morgan fingerprint density at radius 1 is 1.09 bits per heavy atom. The molecule has 0 aliphatic rings. The standard InChI is InChI=1S/C27H37N3O3Si/c1-27(2,3)34(4,5)33-23(18-30-19-24(26(28)31)29-20-30)16-11-13-21-12-9-10-17-25(21)32-22-14-7-6-8-15-22/h6-10,12,14-15,17,19-20,23H,11,13,16,18H2,1-5H3,(H2,28,31)/t23-/m0/s1. The molecule has 2 aromatic carbocycles. The van der Waals surface area contributed by atoms with Crippen LogP contribution in [0.5, 0.6) is 11.5 Å². The average molecular weight is 480 g/mol. The fraction of sp³-hybridized carbons (Fsp3) is 0.407. The average Bonchev–Trinajstić information content (AvgIpc) is 3.23. The zero-order valence-electron chi connectivity index (χ0n) is 21.0. The number of imidazole rings is 1. The normalized spacial score (nSPS) is 13.0. The molecule has 2 N–H and O–H groups in total. The lowest BCUT2D eigenvalue weighted by atomic mass is 10.0. The van der Waals surface area contributed by atoms with Crippen LogP contribution in [0.1, 0.15) is 49.7 Å². The summed E-state index contributed by atoms with van der Waals surface area (Å²) in [6.45, 7) is 11.9. The van der Waals surface area contributed by atoms with Gasteiger partial charge in [0.2, 0.25) is 0 Å². The second-order valence-corrected chi connectivity index (χ2v) is 15.0. The quantitative estimate of drug-likeness (QED) is 0.333. The van der Waals surface area contributed by atoms with E-state index in [0.29, 0.717) is 6.54 Å². The Kier molecular flexibility index (Phi) is 8.33. The maximum atomic E-state index is 11.5. The zero-order chi connectivity index (χ0) is 24.8. The summed E-state index contributed by atoms with van der Waals surface area (Å²) in [6, 6.07) is 18.0. The molecule has 0 aliphatic carbocycles. The molecule has 0 bridgehead atoms. The zero-order valence-corrected chi connectivity index (χ0v) is 22.0. The van der Waals surface area contributed by atoms with Crippen LogP contribution in [0.3, 0.4) is 0 Å². The Balaban J connectivity index is 1.69. The SMILES string of the molecule is CC(C)(C)[Si](C)(C)O[C@@H](CCCc1ccccc1Oc1ccccc1)Cn1cnc(C(N)=O)c1. The number of benzene rings is 2. The molecule has 182 valence electrons. The summed E-state index contributed by atoms with van der Waals surface area (Å²) in [5, 5.41) is 0.106. The smallest absolute Gasteiger partial charge is 0.268 e. The van der Waals surface area contributed by atoms with E-state index in [9.17, 15) is 4.79 Å². The van der Waals surface area contributed by atoms with E-state index in [-0.39, 0.29) is 16.8 Å². The second kappa shape index (κ2) is 11.0. The van der Waals surface area contributed by atoms with Gasteiger partial charge >= 0.3 is 0 Å². The number of primary amides is 1. The van der Waals surface area contributed by atoms with Gasteiger partial charge in [0.05, 0.1) is 12.4 Å². The molecule has 34 heavy (non-hydrogen) atoms. The van der Waals surface area contributed by atoms with Gasteiger partial charge in [-0.3, -0.25) is 4.79 Å². The number of para-hydroxylation sites is 2. The van der Waals surface area contributed by atoms with E-state index >= 15 is 0 Å². The van der Waals surface area contributed by atoms with Gasteiger partial charge in [0.15, 0.2) is 8.32 Å². The molecule has 0 saturated carbocycles. The summed E-state index contributed by atoms with van der Waals surface area (Å²) in [5.41, 5.74) is 6.83. The van der Waals surface area contributed by atoms with Crippen molar-refractivity contribution in [1.29, 1.82) is 0 Å². The first-order chi connectivity index (χ1) is 16.0. The van der Waals surface area contributed by atoms with Gasteiger partial charge in [-0.15, -0.1) is 0 Å². The fourth-order valence-corrected chi connectivity index (χ4v) is 4.93. The number of aryl methyl sites for hydroxylation is 1. The third-order valence-corrected chi connectivity index (χ3v) is 11.0. The van der Waals surface area contributed by atoms with E-state index < -0.39 is 14.2 Å². The van der Waals surface area contributed by atoms with Gasteiger partial charge in [0, 0.05) is 12.7 Å². The number of hydrogen-bond acceptors (Lipinski definition) is 4. The molecule has 0 saturated heterocycles. The third-order valence-electron chi connectivity index (χ3n) is 6.48. The summed E-state index contributed by atoms with van der Waals surface area (Å²) in [4.78, 5) is 15.6. The molecule has 1 aromatic heterocycles. The lowest BCUT2D eigenvalue weighted by molar-refractivity contribution is 0.0995. The fourth-order valence-electron chi connectivity index (χ4n) is 3.55. The van der Waals surface area contributed by atoms with Crippen molar-refractivity contribution < 1.29 is 14.0 Å². The van der Waals surface area contributed by atoms with E-state index in [4.69, 9.17) is 14.9 Å². The molecule has 6 nitrogen and oxygen atoms in total. The highest BCUT2D eigenvalue weighted by Crippen LogP contribution is 2.38. The van der Waals surface area contributed by atoms with Gasteiger partial charge in [-0.2, -0.15) is 0 Å². The van der Waals surface area contributed by atoms with Crippen LogP contribution in [0, 0.1) is 0 Å². The molecule has 0 radical (unpaired) electrons. The Morgan fingerprint density at radius 3 is 2.41 bits per heavy atom. The van der Waals surface area contributed by atoms with E-state index in [1.807, 2.05) is 53.1 Å². The highest BCUT2D eigenvalue weighted by Gasteiger charge is 2.39. The van der Waals surface area contributed by atoms with E-state index in [1.54, 1.807) is 12.5 Å². The van der Waals surface area contributed by atoms with Crippen LogP contribution in [0.2, 0.25) is 18.1 Å². The number of ether oxygens (including phenoxy) is 1. The van der Waals surface area contributed by atoms with Crippen molar-refractivity contribution >= 4 is 14.2 Å². The van der Waals surface area contributed by atoms with Gasteiger partial charge in [0.1, 0.15) is 17.2 Å². The van der Waals surface area contributed by atoms with Gasteiger partial charge in [0.25, 0.3) is 5.91 Å². The molecule has 0 unspecified atom stereocenters. The predicted molar refractivity (Wildman–Crippen MR) is 139 cm³/mol. The highest BCUT2D eigenvalue weighted by molar-refractivity contribution is 6.74. The van der Waals surface area contributed by atoms with E-state index in [1.165, 1.54) is 5.56 Å². The number of rotatable bonds is 11. The van der Waals surface area contributed by atoms with Crippen molar-refractivity contribution in [2.75, 3.05) is 0 Å². The van der Waals surface area contributed by atoms with Crippen molar-refractivity contribution in [2.45, 2.75) is 70.8 Å². The monoisotopic (exact) mass is 479 g/mol. The minimum absolute atomic E-state index is 0.0121. The molecule has 0 aliphatic heterocycles. The molecule has 0 spiro atoms.